The van der Waals surface area contributed by atoms with Crippen molar-refractivity contribution in [2.75, 3.05) is 13.1 Å². The van der Waals surface area contributed by atoms with E-state index in [-0.39, 0.29) is 12.0 Å². The van der Waals surface area contributed by atoms with E-state index in [2.05, 4.69) is 0 Å². The Hall–Kier alpha value is -1.39. The average molecular weight is 261 g/mol. The van der Waals surface area contributed by atoms with Crippen molar-refractivity contribution in [3.05, 3.63) is 35.2 Å². The molecule has 18 heavy (non-hydrogen) atoms. The highest BCUT2D eigenvalue weighted by atomic mass is 32.1. The molecule has 1 saturated heterocycles. The van der Waals surface area contributed by atoms with Gasteiger partial charge < -0.3 is 10.0 Å². The summed E-state index contributed by atoms with van der Waals surface area (Å²) in [7, 11) is 0. The third kappa shape index (κ3) is 2.13. The number of hydrogen-bond acceptors (Lipinski definition) is 3. The molecule has 0 aliphatic carbocycles. The number of nitrogens with zero attached hydrogens (tertiary/aromatic N) is 1. The third-order valence-electron chi connectivity index (χ3n) is 3.32. The van der Waals surface area contributed by atoms with Gasteiger partial charge in [0.2, 0.25) is 0 Å². The minimum absolute atomic E-state index is 0.0509. The Kier molecular flexibility index (Phi) is 3.06. The molecule has 1 N–H and O–H groups in total. The second-order valence-electron chi connectivity index (χ2n) is 4.70. The molecule has 1 aliphatic heterocycles. The van der Waals surface area contributed by atoms with Gasteiger partial charge in [0.1, 0.15) is 0 Å². The first-order valence-electron chi connectivity index (χ1n) is 6.20. The first kappa shape index (κ1) is 11.7. The minimum atomic E-state index is -0.364. The summed E-state index contributed by atoms with van der Waals surface area (Å²) in [5.74, 6) is 0.0509. The van der Waals surface area contributed by atoms with Crippen LogP contribution in [-0.4, -0.2) is 35.1 Å². The maximum Gasteiger partial charge on any atom is 0.264 e. The highest BCUT2D eigenvalue weighted by Crippen LogP contribution is 2.27. The largest absolute Gasteiger partial charge is 0.391 e. The Labute approximate surface area is 110 Å². The number of aliphatic hydroxyl groups excluding tert-OH is 1. The fourth-order valence-electron chi connectivity index (χ4n) is 2.38. The Morgan fingerprint density at radius 1 is 1.39 bits per heavy atom. The molecule has 4 heteroatoms. The van der Waals surface area contributed by atoms with Gasteiger partial charge in [0.05, 0.1) is 11.0 Å². The van der Waals surface area contributed by atoms with E-state index in [4.69, 9.17) is 0 Å². The number of piperidine rings is 1. The van der Waals surface area contributed by atoms with Gasteiger partial charge in [-0.3, -0.25) is 4.79 Å². The molecule has 1 amide bonds. The average Bonchev–Trinajstić information content (AvgIpc) is 2.81. The fraction of sp³-hybridized carbons (Fsp3) is 0.357. The smallest absolute Gasteiger partial charge is 0.264 e. The van der Waals surface area contributed by atoms with Crippen molar-refractivity contribution in [2.45, 2.75) is 18.9 Å². The number of β-amino-alcohol motifs (C(OH)–C–C–N with tert-alkyl or cyclic N) is 1. The van der Waals surface area contributed by atoms with Gasteiger partial charge in [0.25, 0.3) is 5.91 Å². The molecule has 2 heterocycles. The van der Waals surface area contributed by atoms with Crippen LogP contribution >= 0.6 is 11.3 Å². The van der Waals surface area contributed by atoms with Crippen LogP contribution in [0.1, 0.15) is 22.5 Å². The predicted octanol–water partition coefficient (Wildman–Crippen LogP) is 2.50. The second kappa shape index (κ2) is 4.71. The summed E-state index contributed by atoms with van der Waals surface area (Å²) in [6.07, 6.45) is 1.32. The summed E-state index contributed by atoms with van der Waals surface area (Å²) < 4.78 is 1.14. The molecule has 1 aromatic heterocycles. The van der Waals surface area contributed by atoms with Crippen molar-refractivity contribution in [1.29, 1.82) is 0 Å². The SMILES string of the molecule is O=C(c1cc2ccccc2s1)N1CCCC(O)C1. The van der Waals surface area contributed by atoms with Crippen LogP contribution < -0.4 is 0 Å². The third-order valence-corrected chi connectivity index (χ3v) is 4.42. The van der Waals surface area contributed by atoms with Crippen LogP contribution in [0, 0.1) is 0 Å². The fourth-order valence-corrected chi connectivity index (χ4v) is 3.41. The molecule has 0 spiro atoms. The number of fused-ring (bicyclic) bond motifs is 1. The van der Waals surface area contributed by atoms with E-state index in [1.54, 1.807) is 4.90 Å². The standard InChI is InChI=1S/C14H15NO2S/c16-11-5-3-7-15(9-11)14(17)13-8-10-4-1-2-6-12(10)18-13/h1-2,4,6,8,11,16H,3,5,7,9H2. The number of aliphatic hydroxyl groups is 1. The molecule has 1 atom stereocenters. The Morgan fingerprint density at radius 2 is 2.22 bits per heavy atom. The molecule has 3 nitrogen and oxygen atoms in total. The van der Waals surface area contributed by atoms with E-state index < -0.39 is 0 Å². The molecule has 3 rings (SSSR count). The van der Waals surface area contributed by atoms with Gasteiger partial charge >= 0.3 is 0 Å². The summed E-state index contributed by atoms with van der Waals surface area (Å²) in [4.78, 5) is 14.9. The van der Waals surface area contributed by atoms with Gasteiger partial charge in [-0.1, -0.05) is 18.2 Å². The normalized spacial score (nSPS) is 20.3. The first-order valence-corrected chi connectivity index (χ1v) is 7.01. The van der Waals surface area contributed by atoms with E-state index in [0.717, 1.165) is 34.3 Å². The summed E-state index contributed by atoms with van der Waals surface area (Å²) >= 11 is 1.53. The van der Waals surface area contributed by atoms with Gasteiger partial charge in [0, 0.05) is 17.8 Å². The van der Waals surface area contributed by atoms with Gasteiger partial charge in [-0.15, -0.1) is 11.3 Å². The Balaban J connectivity index is 1.87. The van der Waals surface area contributed by atoms with Gasteiger partial charge in [-0.25, -0.2) is 0 Å². The van der Waals surface area contributed by atoms with Crippen molar-refractivity contribution < 1.29 is 9.90 Å². The minimum Gasteiger partial charge on any atom is -0.391 e. The maximum atomic E-state index is 12.3. The van der Waals surface area contributed by atoms with Crippen molar-refractivity contribution in [2.24, 2.45) is 0 Å². The van der Waals surface area contributed by atoms with Crippen LogP contribution in [0.2, 0.25) is 0 Å². The highest BCUT2D eigenvalue weighted by molar-refractivity contribution is 7.20. The van der Waals surface area contributed by atoms with Crippen molar-refractivity contribution in [3.8, 4) is 0 Å². The van der Waals surface area contributed by atoms with Gasteiger partial charge in [-0.05, 0) is 30.4 Å². The number of hydrogen-bond donors (Lipinski definition) is 1. The Morgan fingerprint density at radius 3 is 3.00 bits per heavy atom. The van der Waals surface area contributed by atoms with Crippen LogP contribution in [0.5, 0.6) is 0 Å². The zero-order valence-electron chi connectivity index (χ0n) is 10.0. The molecular weight excluding hydrogens is 246 g/mol. The quantitative estimate of drug-likeness (QED) is 0.857. The predicted molar refractivity (Wildman–Crippen MR) is 73.0 cm³/mol. The molecule has 1 aromatic carbocycles. The number of likely N-dealkylation sites (tertiary alicyclic amines) is 1. The van der Waals surface area contributed by atoms with Crippen LogP contribution in [0.25, 0.3) is 10.1 Å². The van der Waals surface area contributed by atoms with E-state index in [9.17, 15) is 9.90 Å². The van der Waals surface area contributed by atoms with Gasteiger partial charge in [-0.2, -0.15) is 0 Å². The summed E-state index contributed by atoms with van der Waals surface area (Å²) in [6, 6.07) is 9.96. The first-order chi connectivity index (χ1) is 8.74. The molecule has 0 bridgehead atoms. The summed E-state index contributed by atoms with van der Waals surface area (Å²) in [6.45, 7) is 1.22. The monoisotopic (exact) mass is 261 g/mol. The number of benzene rings is 1. The zero-order chi connectivity index (χ0) is 12.5. The lowest BCUT2D eigenvalue weighted by Gasteiger charge is -2.29. The van der Waals surface area contributed by atoms with E-state index >= 15 is 0 Å². The summed E-state index contributed by atoms with van der Waals surface area (Å²) in [5, 5.41) is 10.7. The van der Waals surface area contributed by atoms with Crippen LogP contribution in [-0.2, 0) is 0 Å². The highest BCUT2D eigenvalue weighted by Gasteiger charge is 2.24. The zero-order valence-corrected chi connectivity index (χ0v) is 10.8. The van der Waals surface area contributed by atoms with Crippen molar-refractivity contribution in [3.63, 3.8) is 0 Å². The molecule has 1 fully saturated rings. The van der Waals surface area contributed by atoms with E-state index in [1.807, 2.05) is 30.3 Å². The van der Waals surface area contributed by atoms with Crippen molar-refractivity contribution >= 4 is 27.3 Å². The number of thiophene rings is 1. The van der Waals surface area contributed by atoms with Gasteiger partial charge in [0.15, 0.2) is 0 Å². The number of carbonyl (C=O) groups excluding carboxylic acids is 1. The van der Waals surface area contributed by atoms with Crippen LogP contribution in [0.4, 0.5) is 0 Å². The molecule has 2 aromatic rings. The maximum absolute atomic E-state index is 12.3. The van der Waals surface area contributed by atoms with Crippen molar-refractivity contribution in [1.82, 2.24) is 4.90 Å². The number of rotatable bonds is 1. The topological polar surface area (TPSA) is 40.5 Å². The van der Waals surface area contributed by atoms with E-state index in [1.165, 1.54) is 11.3 Å². The van der Waals surface area contributed by atoms with Crippen LogP contribution in [0.3, 0.4) is 0 Å². The molecule has 0 radical (unpaired) electrons. The molecule has 1 aliphatic rings. The number of amides is 1. The Bertz CT molecular complexity index is 545. The van der Waals surface area contributed by atoms with E-state index in [0.29, 0.717) is 6.54 Å². The lowest BCUT2D eigenvalue weighted by Crippen LogP contribution is -2.41. The lowest BCUT2D eigenvalue weighted by atomic mass is 10.1. The molecule has 94 valence electrons. The molecular formula is C14H15NO2S. The summed E-state index contributed by atoms with van der Waals surface area (Å²) in [5.41, 5.74) is 0. The molecule has 1 unspecified atom stereocenters. The lowest BCUT2D eigenvalue weighted by molar-refractivity contribution is 0.0478. The van der Waals surface area contributed by atoms with Crippen LogP contribution in [0.15, 0.2) is 30.3 Å². The second-order valence-corrected chi connectivity index (χ2v) is 5.78. The molecule has 0 saturated carbocycles. The number of carbonyl (C=O) groups is 1.